The molecule has 1 aliphatic rings. The summed E-state index contributed by atoms with van der Waals surface area (Å²) in [4.78, 5) is 6.44. The molecule has 0 amide bonds. The Bertz CT molecular complexity index is 577. The van der Waals surface area contributed by atoms with E-state index in [0.29, 0.717) is 50.4 Å². The number of hydrogen-bond acceptors (Lipinski definition) is 7. The topological polar surface area (TPSA) is 53.0 Å². The highest BCUT2D eigenvalue weighted by Crippen LogP contribution is 2.51. The minimum Gasteiger partial charge on any atom is -0.404 e. The molecule has 1 aromatic heterocycles. The van der Waals surface area contributed by atoms with Gasteiger partial charge < -0.3 is 14.2 Å². The molecular weight excluding hydrogens is 382 g/mol. The maximum Gasteiger partial charge on any atom is 0.381 e. The number of halogens is 2. The van der Waals surface area contributed by atoms with Crippen LogP contribution in [-0.4, -0.2) is 44.5 Å². The Kier molecular flexibility index (Phi) is 7.35. The van der Waals surface area contributed by atoms with Gasteiger partial charge in [0.15, 0.2) is 5.82 Å². The highest BCUT2D eigenvalue weighted by molar-refractivity contribution is 8.07. The van der Waals surface area contributed by atoms with Crippen molar-refractivity contribution < 1.29 is 18.3 Å². The van der Waals surface area contributed by atoms with Crippen molar-refractivity contribution in [2.45, 2.75) is 13.8 Å². The van der Waals surface area contributed by atoms with Crippen molar-refractivity contribution in [2.24, 2.45) is 0 Å². The number of morpholine rings is 1. The fraction of sp³-hybridized carbons (Fsp3) is 0.615. The largest absolute Gasteiger partial charge is 0.404 e. The van der Waals surface area contributed by atoms with Gasteiger partial charge in [-0.15, -0.1) is 0 Å². The zero-order valence-corrected chi connectivity index (χ0v) is 16.2. The van der Waals surface area contributed by atoms with Gasteiger partial charge in [0.2, 0.25) is 5.88 Å². The summed E-state index contributed by atoms with van der Waals surface area (Å²) in [5, 5.41) is 0.714. The highest BCUT2D eigenvalue weighted by atomic mass is 35.5. The van der Waals surface area contributed by atoms with Gasteiger partial charge >= 0.3 is 6.72 Å². The average molecular weight is 401 g/mol. The molecule has 0 atom stereocenters. The Balaban J connectivity index is 2.28. The molecular formula is C13H19Cl2N2O4PS. The molecule has 0 spiro atoms. The minimum atomic E-state index is -2.94. The lowest BCUT2D eigenvalue weighted by Crippen LogP contribution is -2.37. The Hall–Kier alpha value is -0.140. The van der Waals surface area contributed by atoms with Gasteiger partial charge in [0.25, 0.3) is 0 Å². The van der Waals surface area contributed by atoms with Crippen LogP contribution in [0.15, 0.2) is 6.07 Å². The summed E-state index contributed by atoms with van der Waals surface area (Å²) < 4.78 is 22.0. The molecule has 0 bridgehead atoms. The first-order chi connectivity index (χ1) is 11.0. The van der Waals surface area contributed by atoms with Crippen molar-refractivity contribution >= 4 is 47.5 Å². The van der Waals surface area contributed by atoms with Crippen LogP contribution in [0, 0.1) is 0 Å². The molecule has 0 aromatic carbocycles. The maximum absolute atomic E-state index is 6.26. The SMILES string of the molecule is CCOP(=S)(OCC)Oc1nc(N2CCOCC2)c(Cl)cc1Cl. The lowest BCUT2D eigenvalue weighted by molar-refractivity contribution is 0.122. The van der Waals surface area contributed by atoms with Gasteiger partial charge in [0, 0.05) is 24.9 Å². The van der Waals surface area contributed by atoms with Crippen LogP contribution in [0.4, 0.5) is 5.82 Å². The quantitative estimate of drug-likeness (QED) is 0.643. The van der Waals surface area contributed by atoms with Crippen molar-refractivity contribution in [3.8, 4) is 5.88 Å². The summed E-state index contributed by atoms with van der Waals surface area (Å²) in [6.07, 6.45) is 0. The monoisotopic (exact) mass is 400 g/mol. The molecule has 1 aromatic rings. The fourth-order valence-corrected chi connectivity index (χ4v) is 4.59. The summed E-state index contributed by atoms with van der Waals surface area (Å²) in [6, 6.07) is 1.59. The molecule has 0 saturated carbocycles. The summed E-state index contributed by atoms with van der Waals surface area (Å²) in [7, 11) is 0. The molecule has 0 aliphatic carbocycles. The van der Waals surface area contributed by atoms with E-state index in [9.17, 15) is 0 Å². The number of anilines is 1. The Morgan fingerprint density at radius 2 is 1.83 bits per heavy atom. The van der Waals surface area contributed by atoms with E-state index in [4.69, 9.17) is 53.3 Å². The van der Waals surface area contributed by atoms with Crippen LogP contribution in [-0.2, 0) is 25.6 Å². The molecule has 1 saturated heterocycles. The highest BCUT2D eigenvalue weighted by Gasteiger charge is 2.26. The normalized spacial score (nSPS) is 15.7. The lowest BCUT2D eigenvalue weighted by Gasteiger charge is -2.29. The van der Waals surface area contributed by atoms with Crippen LogP contribution in [0.1, 0.15) is 13.8 Å². The second-order valence-corrected chi connectivity index (χ2v) is 8.30. The molecule has 0 unspecified atom stereocenters. The first-order valence-electron chi connectivity index (χ1n) is 7.26. The number of aromatic nitrogens is 1. The molecule has 2 rings (SSSR count). The third kappa shape index (κ3) is 5.16. The molecule has 0 N–H and O–H groups in total. The van der Waals surface area contributed by atoms with Gasteiger partial charge in [0.05, 0.1) is 31.5 Å². The van der Waals surface area contributed by atoms with Gasteiger partial charge in [-0.05, 0) is 19.9 Å². The lowest BCUT2D eigenvalue weighted by atomic mass is 10.3. The van der Waals surface area contributed by atoms with Gasteiger partial charge in [-0.3, -0.25) is 9.05 Å². The van der Waals surface area contributed by atoms with Crippen molar-refractivity contribution in [3.63, 3.8) is 0 Å². The maximum atomic E-state index is 6.26. The Morgan fingerprint density at radius 1 is 1.22 bits per heavy atom. The molecule has 1 fully saturated rings. The molecule has 2 heterocycles. The van der Waals surface area contributed by atoms with E-state index in [1.165, 1.54) is 0 Å². The smallest absolute Gasteiger partial charge is 0.381 e. The number of rotatable bonds is 7. The first-order valence-corrected chi connectivity index (χ1v) is 10.6. The Labute approximate surface area is 151 Å². The third-order valence-corrected chi connectivity index (χ3v) is 5.91. The van der Waals surface area contributed by atoms with Crippen LogP contribution in [0.5, 0.6) is 5.88 Å². The number of nitrogens with zero attached hydrogens (tertiary/aromatic N) is 2. The number of hydrogen-bond donors (Lipinski definition) is 0. The van der Waals surface area contributed by atoms with E-state index in [2.05, 4.69) is 4.98 Å². The van der Waals surface area contributed by atoms with Crippen LogP contribution in [0.3, 0.4) is 0 Å². The van der Waals surface area contributed by atoms with Crippen molar-refractivity contribution in [3.05, 3.63) is 16.1 Å². The van der Waals surface area contributed by atoms with Crippen LogP contribution >= 0.6 is 29.9 Å². The predicted molar refractivity (Wildman–Crippen MR) is 95.5 cm³/mol. The number of ether oxygens (including phenoxy) is 1. The standard InChI is InChI=1S/C13H19Cl2N2O4PS/c1-3-19-22(23,20-4-2)21-13-11(15)9-10(14)12(16-13)17-5-7-18-8-6-17/h9H,3-8H2,1-2H3. The van der Waals surface area contributed by atoms with Gasteiger partial charge in [-0.1, -0.05) is 23.2 Å². The molecule has 10 heteroatoms. The molecule has 23 heavy (non-hydrogen) atoms. The predicted octanol–water partition coefficient (Wildman–Crippen LogP) is 3.90. The van der Waals surface area contributed by atoms with E-state index >= 15 is 0 Å². The van der Waals surface area contributed by atoms with Crippen molar-refractivity contribution in [1.29, 1.82) is 0 Å². The third-order valence-electron chi connectivity index (χ3n) is 2.96. The molecule has 0 radical (unpaired) electrons. The second kappa shape index (κ2) is 8.81. The van der Waals surface area contributed by atoms with Gasteiger partial charge in [-0.25, -0.2) is 0 Å². The zero-order chi connectivity index (χ0) is 16.9. The first kappa shape index (κ1) is 19.2. The van der Waals surface area contributed by atoms with Crippen molar-refractivity contribution in [2.75, 3.05) is 44.4 Å². The van der Waals surface area contributed by atoms with Crippen LogP contribution < -0.4 is 9.42 Å². The summed E-state index contributed by atoms with van der Waals surface area (Å²) in [5.41, 5.74) is 0. The van der Waals surface area contributed by atoms with Gasteiger partial charge in [-0.2, -0.15) is 4.98 Å². The summed E-state index contributed by atoms with van der Waals surface area (Å²) in [5.74, 6) is 0.756. The van der Waals surface area contributed by atoms with Gasteiger partial charge in [0.1, 0.15) is 5.02 Å². The summed E-state index contributed by atoms with van der Waals surface area (Å²) >= 11 is 17.8. The molecule has 6 nitrogen and oxygen atoms in total. The van der Waals surface area contributed by atoms with E-state index < -0.39 is 6.72 Å². The van der Waals surface area contributed by atoms with Crippen LogP contribution in [0.2, 0.25) is 10.0 Å². The van der Waals surface area contributed by atoms with E-state index in [1.807, 2.05) is 18.7 Å². The van der Waals surface area contributed by atoms with E-state index in [0.717, 1.165) is 0 Å². The van der Waals surface area contributed by atoms with Crippen molar-refractivity contribution in [1.82, 2.24) is 4.98 Å². The number of pyridine rings is 1. The van der Waals surface area contributed by atoms with E-state index in [1.54, 1.807) is 6.07 Å². The van der Waals surface area contributed by atoms with E-state index in [-0.39, 0.29) is 10.9 Å². The fourth-order valence-electron chi connectivity index (χ4n) is 2.01. The van der Waals surface area contributed by atoms with Crippen LogP contribution in [0.25, 0.3) is 0 Å². The Morgan fingerprint density at radius 3 is 2.39 bits per heavy atom. The molecule has 1 aliphatic heterocycles. The average Bonchev–Trinajstić information content (AvgIpc) is 2.51. The summed E-state index contributed by atoms with van der Waals surface area (Å²) in [6.45, 7) is 4.06. The second-order valence-electron chi connectivity index (χ2n) is 4.55. The zero-order valence-electron chi connectivity index (χ0n) is 13.0. The molecule has 130 valence electrons. The minimum absolute atomic E-state index is 0.169.